The lowest BCUT2D eigenvalue weighted by Crippen LogP contribution is -2.24. The minimum absolute atomic E-state index is 0.0651. The fraction of sp³-hybridized carbons (Fsp3) is 0.350. The summed E-state index contributed by atoms with van der Waals surface area (Å²) in [5.41, 5.74) is 1.93. The molecule has 144 valence electrons. The first-order valence-corrected chi connectivity index (χ1v) is 10.7. The number of carbonyl (C=O) groups excluding carboxylic acids is 1. The molecule has 1 fully saturated rings. The highest BCUT2D eigenvalue weighted by Gasteiger charge is 2.17. The standard InChI is InChI=1S/C20H25N3O3S/c1-2-12-21-20(24)16-6-5-7-19(15-16)27(25,26)22-17-8-10-18(11-9-17)23-13-3-4-14-23/h5-11,15,22H,2-4,12-14H2,1H3,(H,21,24). The van der Waals surface area contributed by atoms with Gasteiger partial charge in [-0.1, -0.05) is 13.0 Å². The highest BCUT2D eigenvalue weighted by atomic mass is 32.2. The van der Waals surface area contributed by atoms with Crippen LogP contribution in [0.15, 0.2) is 53.4 Å². The second kappa shape index (κ2) is 8.43. The van der Waals surface area contributed by atoms with E-state index in [2.05, 4.69) is 14.9 Å². The van der Waals surface area contributed by atoms with Gasteiger partial charge in [0.15, 0.2) is 0 Å². The maximum Gasteiger partial charge on any atom is 0.261 e. The molecule has 0 spiro atoms. The summed E-state index contributed by atoms with van der Waals surface area (Å²) < 4.78 is 27.9. The first-order chi connectivity index (χ1) is 13.0. The van der Waals surface area contributed by atoms with Crippen LogP contribution in [-0.2, 0) is 10.0 Å². The smallest absolute Gasteiger partial charge is 0.261 e. The van der Waals surface area contributed by atoms with Crippen LogP contribution in [0.5, 0.6) is 0 Å². The van der Waals surface area contributed by atoms with Gasteiger partial charge in [-0.2, -0.15) is 0 Å². The molecule has 0 saturated carbocycles. The Balaban J connectivity index is 1.73. The van der Waals surface area contributed by atoms with Gasteiger partial charge < -0.3 is 10.2 Å². The van der Waals surface area contributed by atoms with Crippen LogP contribution < -0.4 is 14.9 Å². The van der Waals surface area contributed by atoms with Crippen molar-refractivity contribution in [1.82, 2.24) is 5.32 Å². The van der Waals surface area contributed by atoms with E-state index in [1.807, 2.05) is 19.1 Å². The topological polar surface area (TPSA) is 78.5 Å². The Labute approximate surface area is 160 Å². The van der Waals surface area contributed by atoms with Crippen molar-refractivity contribution in [2.45, 2.75) is 31.1 Å². The lowest BCUT2D eigenvalue weighted by Gasteiger charge is -2.18. The summed E-state index contributed by atoms with van der Waals surface area (Å²) in [6, 6.07) is 13.5. The number of hydrogen-bond acceptors (Lipinski definition) is 4. The number of sulfonamides is 1. The lowest BCUT2D eigenvalue weighted by molar-refractivity contribution is 0.0953. The predicted octanol–water partition coefficient (Wildman–Crippen LogP) is 3.23. The predicted molar refractivity (Wildman–Crippen MR) is 108 cm³/mol. The number of carbonyl (C=O) groups is 1. The Morgan fingerprint density at radius 1 is 1.07 bits per heavy atom. The highest BCUT2D eigenvalue weighted by Crippen LogP contribution is 2.23. The summed E-state index contributed by atoms with van der Waals surface area (Å²) >= 11 is 0. The fourth-order valence-electron chi connectivity index (χ4n) is 3.07. The molecule has 1 heterocycles. The Bertz CT molecular complexity index is 889. The highest BCUT2D eigenvalue weighted by molar-refractivity contribution is 7.92. The van der Waals surface area contributed by atoms with E-state index in [0.717, 1.165) is 25.2 Å². The minimum Gasteiger partial charge on any atom is -0.372 e. The van der Waals surface area contributed by atoms with E-state index in [0.29, 0.717) is 17.8 Å². The average Bonchev–Trinajstić information content (AvgIpc) is 3.21. The van der Waals surface area contributed by atoms with Gasteiger partial charge in [-0.25, -0.2) is 8.42 Å². The van der Waals surface area contributed by atoms with Crippen molar-refractivity contribution in [2.75, 3.05) is 29.3 Å². The van der Waals surface area contributed by atoms with Gasteiger partial charge in [-0.15, -0.1) is 0 Å². The molecule has 2 aromatic rings. The Morgan fingerprint density at radius 3 is 2.44 bits per heavy atom. The summed E-state index contributed by atoms with van der Waals surface area (Å²) in [7, 11) is -3.77. The second-order valence-electron chi connectivity index (χ2n) is 6.63. The van der Waals surface area contributed by atoms with Crippen LogP contribution >= 0.6 is 0 Å². The molecule has 1 amide bonds. The van der Waals surface area contributed by atoms with Gasteiger partial charge in [-0.05, 0) is 61.7 Å². The third kappa shape index (κ3) is 4.80. The third-order valence-electron chi connectivity index (χ3n) is 4.53. The van der Waals surface area contributed by atoms with Gasteiger partial charge in [0.25, 0.3) is 15.9 Å². The van der Waals surface area contributed by atoms with Crippen molar-refractivity contribution in [3.63, 3.8) is 0 Å². The molecule has 6 nitrogen and oxygen atoms in total. The molecule has 7 heteroatoms. The van der Waals surface area contributed by atoms with Crippen LogP contribution in [0, 0.1) is 0 Å². The Hall–Kier alpha value is -2.54. The monoisotopic (exact) mass is 387 g/mol. The number of amides is 1. The molecule has 2 aromatic carbocycles. The van der Waals surface area contributed by atoms with Crippen molar-refractivity contribution in [3.8, 4) is 0 Å². The molecule has 27 heavy (non-hydrogen) atoms. The number of anilines is 2. The zero-order valence-electron chi connectivity index (χ0n) is 15.4. The van der Waals surface area contributed by atoms with Gasteiger partial charge >= 0.3 is 0 Å². The maximum atomic E-state index is 12.7. The summed E-state index contributed by atoms with van der Waals surface area (Å²) in [5.74, 6) is -0.274. The van der Waals surface area contributed by atoms with E-state index in [1.54, 1.807) is 24.3 Å². The number of hydrogen-bond donors (Lipinski definition) is 2. The molecule has 0 unspecified atom stereocenters. The van der Waals surface area contributed by atoms with Crippen molar-refractivity contribution in [3.05, 3.63) is 54.1 Å². The molecule has 0 atom stereocenters. The summed E-state index contributed by atoms with van der Waals surface area (Å²) in [5, 5.41) is 2.75. The number of nitrogens with zero attached hydrogens (tertiary/aromatic N) is 1. The van der Waals surface area contributed by atoms with Gasteiger partial charge in [-0.3, -0.25) is 9.52 Å². The van der Waals surface area contributed by atoms with E-state index >= 15 is 0 Å². The maximum absolute atomic E-state index is 12.7. The molecular weight excluding hydrogens is 362 g/mol. The quantitative estimate of drug-likeness (QED) is 0.765. The molecular formula is C20H25N3O3S. The van der Waals surface area contributed by atoms with Gasteiger partial charge in [0.1, 0.15) is 0 Å². The van der Waals surface area contributed by atoms with Crippen LogP contribution in [0.25, 0.3) is 0 Å². The molecule has 2 N–H and O–H groups in total. The van der Waals surface area contributed by atoms with E-state index in [-0.39, 0.29) is 10.8 Å². The van der Waals surface area contributed by atoms with Crippen LogP contribution in [0.4, 0.5) is 11.4 Å². The van der Waals surface area contributed by atoms with Crippen LogP contribution in [0.2, 0.25) is 0 Å². The van der Waals surface area contributed by atoms with Crippen LogP contribution in [0.1, 0.15) is 36.5 Å². The van der Waals surface area contributed by atoms with Crippen molar-refractivity contribution in [2.24, 2.45) is 0 Å². The summed E-state index contributed by atoms with van der Waals surface area (Å²) in [6.07, 6.45) is 3.20. The molecule has 1 aliphatic rings. The molecule has 0 radical (unpaired) electrons. The van der Waals surface area contributed by atoms with Crippen LogP contribution in [0.3, 0.4) is 0 Å². The molecule has 0 bridgehead atoms. The Kier molecular flexibility index (Phi) is 6.01. The molecule has 1 aliphatic heterocycles. The second-order valence-corrected chi connectivity index (χ2v) is 8.31. The molecule has 0 aliphatic carbocycles. The summed E-state index contributed by atoms with van der Waals surface area (Å²) in [4.78, 5) is 14.4. The lowest BCUT2D eigenvalue weighted by atomic mass is 10.2. The van der Waals surface area contributed by atoms with E-state index < -0.39 is 10.0 Å². The van der Waals surface area contributed by atoms with Crippen LogP contribution in [-0.4, -0.2) is 34.0 Å². The van der Waals surface area contributed by atoms with E-state index in [9.17, 15) is 13.2 Å². The largest absolute Gasteiger partial charge is 0.372 e. The molecule has 0 aromatic heterocycles. The van der Waals surface area contributed by atoms with E-state index in [1.165, 1.54) is 25.0 Å². The van der Waals surface area contributed by atoms with E-state index in [4.69, 9.17) is 0 Å². The van der Waals surface area contributed by atoms with Gasteiger partial charge in [0, 0.05) is 36.6 Å². The van der Waals surface area contributed by atoms with Crippen molar-refractivity contribution < 1.29 is 13.2 Å². The minimum atomic E-state index is -3.77. The van der Waals surface area contributed by atoms with Gasteiger partial charge in [0.05, 0.1) is 4.90 Å². The fourth-order valence-corrected chi connectivity index (χ4v) is 4.18. The molecule has 1 saturated heterocycles. The first-order valence-electron chi connectivity index (χ1n) is 9.26. The number of rotatable bonds is 7. The number of benzene rings is 2. The van der Waals surface area contributed by atoms with Crippen molar-refractivity contribution >= 4 is 27.3 Å². The summed E-state index contributed by atoms with van der Waals surface area (Å²) in [6.45, 7) is 4.59. The van der Waals surface area contributed by atoms with Crippen molar-refractivity contribution in [1.29, 1.82) is 0 Å². The first kappa shape index (κ1) is 19.2. The Morgan fingerprint density at radius 2 is 1.78 bits per heavy atom. The normalized spacial score (nSPS) is 14.2. The SMILES string of the molecule is CCCNC(=O)c1cccc(S(=O)(=O)Nc2ccc(N3CCCC3)cc2)c1. The zero-order valence-corrected chi connectivity index (χ0v) is 16.3. The zero-order chi connectivity index (χ0) is 19.3. The average molecular weight is 388 g/mol. The molecule has 3 rings (SSSR count). The van der Waals surface area contributed by atoms with Gasteiger partial charge in [0.2, 0.25) is 0 Å². The third-order valence-corrected chi connectivity index (χ3v) is 5.91. The number of nitrogens with one attached hydrogen (secondary N) is 2.